The monoisotopic (exact) mass is 1280 g/mol. The maximum absolute atomic E-state index is 14.1. The quantitative estimate of drug-likeness (QED) is 0.0452. The van der Waals surface area contributed by atoms with E-state index in [0.29, 0.717) is 103 Å². The first-order valence-electron chi connectivity index (χ1n) is 33.6. The Kier molecular flexibility index (Phi) is 27.1. The lowest BCUT2D eigenvalue weighted by molar-refractivity contribution is -0.147. The van der Waals surface area contributed by atoms with Crippen LogP contribution in [0.25, 0.3) is 21.8 Å². The fourth-order valence-corrected chi connectivity index (χ4v) is 12.8. The van der Waals surface area contributed by atoms with Crippen molar-refractivity contribution >= 4 is 80.9 Å². The molecule has 4 saturated heterocycles. The fourth-order valence-electron chi connectivity index (χ4n) is 12.8. The molecule has 0 radical (unpaired) electrons. The molecule has 8 N–H and O–H groups in total. The zero-order valence-electron chi connectivity index (χ0n) is 55.2. The van der Waals surface area contributed by atoms with Crippen LogP contribution in [0.15, 0.2) is 60.9 Å². The van der Waals surface area contributed by atoms with Crippen LogP contribution in [0.1, 0.15) is 168 Å². The minimum atomic E-state index is -1.02. The number of rotatable bonds is 24. The van der Waals surface area contributed by atoms with E-state index in [1.807, 2.05) is 83.1 Å². The van der Waals surface area contributed by atoms with Crippen LogP contribution in [0.2, 0.25) is 0 Å². The number of hydrogen-bond donors (Lipinski definition) is 8. The Morgan fingerprint density at radius 1 is 0.511 bits per heavy atom. The summed E-state index contributed by atoms with van der Waals surface area (Å²) in [6.45, 7) is 13.4. The standard InChI is InChI=1S/2C34H50N6O6/c1-5-22(3)30-34(45)39-19-13-11-17-28(39)33(44)36-25(15-8-7-12-18-35-29(41)6-2)31(42)37-26(32(43)38-30)20-23-21-40(46-4)27-16-10-9-14-24(23)27;1-5-22(3)30-34(45)39-19-13-12-17-28(39)33(44)36-25(15-8-7-9-18-29(41)35-6-2)31(42)37-26(32(43)38-30)20-23-21-40(46-4)27-16-11-10-14-24(23)27/h9-10,14,16,21-22,25-26,28,30H,5-8,11-13,15,17-20H2,1-4H3,(H,35,41)(H,36,44)(H,37,42)(H,38,43);10-11,14,16,21-22,25-26,28,30H,5-9,12-13,15,17-20H2,1-4H3,(H,35,41)(H,36,44)(H,37,42)(H,38,43)/t2*22?,25-,26-,28+,30-/m00/s1. The minimum absolute atomic E-state index is 0.00829. The summed E-state index contributed by atoms with van der Waals surface area (Å²) in [6.07, 6.45) is 14.8. The topological polar surface area (TPSA) is 302 Å². The van der Waals surface area contributed by atoms with E-state index in [2.05, 4.69) is 42.5 Å². The largest absolute Gasteiger partial charge is 0.417 e. The lowest BCUT2D eigenvalue weighted by atomic mass is 9.93. The molecule has 2 unspecified atom stereocenters. The minimum Gasteiger partial charge on any atom is -0.417 e. The van der Waals surface area contributed by atoms with Crippen molar-refractivity contribution in [3.05, 3.63) is 72.1 Å². The maximum atomic E-state index is 14.1. The number of nitrogens with one attached hydrogen (secondary N) is 8. The Bertz CT molecular complexity index is 3200. The second-order valence-electron chi connectivity index (χ2n) is 24.9. The third kappa shape index (κ3) is 18.5. The van der Waals surface area contributed by atoms with Crippen molar-refractivity contribution < 1.29 is 57.6 Å². The number of piperidine rings is 2. The Morgan fingerprint density at radius 2 is 0.935 bits per heavy atom. The first kappa shape index (κ1) is 71.3. The highest BCUT2D eigenvalue weighted by Crippen LogP contribution is 2.28. The summed E-state index contributed by atoms with van der Waals surface area (Å²) in [5.74, 6) is -3.46. The third-order valence-corrected chi connectivity index (χ3v) is 18.6. The number of fused-ring (bicyclic) bond motifs is 4. The second-order valence-corrected chi connectivity index (χ2v) is 24.9. The smallest absolute Gasteiger partial charge is 0.246 e. The highest BCUT2D eigenvalue weighted by atomic mass is 16.6. The molecular weight excluding hydrogens is 1180 g/mol. The number of benzene rings is 2. The highest BCUT2D eigenvalue weighted by molar-refractivity contribution is 6.00. The Labute approximate surface area is 540 Å². The molecule has 10 amide bonds. The molecule has 4 aromatic rings. The summed E-state index contributed by atoms with van der Waals surface area (Å²) in [7, 11) is 3.11. The van der Waals surface area contributed by atoms with Gasteiger partial charge in [0, 0.05) is 75.0 Å². The van der Waals surface area contributed by atoms with Gasteiger partial charge in [0.2, 0.25) is 59.1 Å². The van der Waals surface area contributed by atoms with E-state index >= 15 is 0 Å². The number of unbranched alkanes of at least 4 members (excludes halogenated alkanes) is 4. The number of nitrogens with zero attached hydrogens (tertiary/aromatic N) is 4. The lowest BCUT2D eigenvalue weighted by Crippen LogP contribution is -2.64. The van der Waals surface area contributed by atoms with E-state index in [1.54, 1.807) is 52.8 Å². The molecule has 92 heavy (non-hydrogen) atoms. The molecule has 0 spiro atoms. The van der Waals surface area contributed by atoms with E-state index < -0.39 is 72.0 Å². The molecule has 2 aromatic carbocycles. The molecule has 504 valence electrons. The number of para-hydroxylation sites is 2. The molecule has 24 nitrogen and oxygen atoms in total. The van der Waals surface area contributed by atoms with Gasteiger partial charge in [-0.1, -0.05) is 110 Å². The molecule has 4 aliphatic heterocycles. The van der Waals surface area contributed by atoms with E-state index in [1.165, 1.54) is 0 Å². The number of amides is 10. The highest BCUT2D eigenvalue weighted by Gasteiger charge is 2.43. The SMILES string of the molecule is CCC(=O)NCCCCC[C@@H]1NC(=O)[C@H]2CCCCN2C(=O)[C@H](C(C)CC)NC(=O)[C@H](Cc2cn(OC)c3ccccc23)NC1=O.CCNC(=O)CCCCC[C@@H]1NC(=O)[C@H]2CCCCN2C(=O)[C@H](C(C)CC)NC(=O)[C@H](Cc2cn(OC)c3ccccc23)NC1=O. The van der Waals surface area contributed by atoms with Crippen LogP contribution in [0.3, 0.4) is 0 Å². The second kappa shape index (κ2) is 35.0. The van der Waals surface area contributed by atoms with E-state index in [4.69, 9.17) is 9.68 Å². The van der Waals surface area contributed by atoms with Gasteiger partial charge in [-0.2, -0.15) is 9.46 Å². The van der Waals surface area contributed by atoms with Gasteiger partial charge < -0.3 is 62.0 Å². The van der Waals surface area contributed by atoms with Gasteiger partial charge >= 0.3 is 0 Å². The first-order chi connectivity index (χ1) is 44.4. The van der Waals surface area contributed by atoms with Gasteiger partial charge in [0.1, 0.15) is 62.6 Å². The molecule has 4 fully saturated rings. The van der Waals surface area contributed by atoms with Gasteiger partial charge in [0.15, 0.2) is 0 Å². The van der Waals surface area contributed by atoms with E-state index in [-0.39, 0.29) is 60.1 Å². The molecule has 6 heterocycles. The molecule has 0 saturated carbocycles. The summed E-state index contributed by atoms with van der Waals surface area (Å²) in [6, 6.07) is 8.34. The van der Waals surface area contributed by atoms with Crippen LogP contribution in [0.5, 0.6) is 0 Å². The molecule has 0 bridgehead atoms. The predicted molar refractivity (Wildman–Crippen MR) is 349 cm³/mol. The predicted octanol–water partition coefficient (Wildman–Crippen LogP) is 4.45. The summed E-state index contributed by atoms with van der Waals surface area (Å²) < 4.78 is 3.24. The van der Waals surface area contributed by atoms with Gasteiger partial charge in [-0.3, -0.25) is 47.9 Å². The van der Waals surface area contributed by atoms with Gasteiger partial charge in [0.05, 0.1) is 11.0 Å². The van der Waals surface area contributed by atoms with E-state index in [0.717, 1.165) is 71.5 Å². The van der Waals surface area contributed by atoms with Crippen molar-refractivity contribution in [3.63, 3.8) is 0 Å². The Hall–Kier alpha value is -8.18. The molecule has 8 rings (SSSR count). The van der Waals surface area contributed by atoms with Crippen molar-refractivity contribution in [2.45, 2.75) is 218 Å². The summed E-state index contributed by atoms with van der Waals surface area (Å²) in [5.41, 5.74) is 3.23. The van der Waals surface area contributed by atoms with Crippen LogP contribution in [0.4, 0.5) is 0 Å². The van der Waals surface area contributed by atoms with Gasteiger partial charge in [-0.05, 0) is 106 Å². The van der Waals surface area contributed by atoms with Crippen LogP contribution in [0, 0.1) is 11.8 Å². The van der Waals surface area contributed by atoms with Gasteiger partial charge in [0.25, 0.3) is 0 Å². The molecule has 24 heteroatoms. The zero-order valence-corrected chi connectivity index (χ0v) is 55.2. The maximum Gasteiger partial charge on any atom is 0.246 e. The molecule has 10 atom stereocenters. The Morgan fingerprint density at radius 3 is 1.36 bits per heavy atom. The number of carbonyl (C=O) groups excluding carboxylic acids is 10. The molecular formula is C68H100N12O12. The number of hydrogen-bond acceptors (Lipinski definition) is 12. The van der Waals surface area contributed by atoms with E-state index in [9.17, 15) is 47.9 Å². The van der Waals surface area contributed by atoms with Crippen LogP contribution in [-0.4, -0.2) is 167 Å². The molecule has 0 aliphatic carbocycles. The number of aromatic nitrogens is 2. The molecule has 2 aromatic heterocycles. The van der Waals surface area contributed by atoms with Crippen molar-refractivity contribution in [1.29, 1.82) is 0 Å². The van der Waals surface area contributed by atoms with Gasteiger partial charge in [-0.25, -0.2) is 0 Å². The number of carbonyl (C=O) groups is 10. The zero-order chi connectivity index (χ0) is 66.4. The van der Waals surface area contributed by atoms with Crippen LogP contribution in [-0.2, 0) is 60.8 Å². The average Bonchev–Trinajstić information content (AvgIpc) is 1.53. The van der Waals surface area contributed by atoms with Gasteiger partial charge in [-0.15, -0.1) is 0 Å². The molecule has 4 aliphatic rings. The van der Waals surface area contributed by atoms with Crippen molar-refractivity contribution in [2.75, 3.05) is 40.4 Å². The van der Waals surface area contributed by atoms with Crippen LogP contribution >= 0.6 is 0 Å². The summed E-state index contributed by atoms with van der Waals surface area (Å²) in [4.78, 5) is 149. The summed E-state index contributed by atoms with van der Waals surface area (Å²) >= 11 is 0. The Balaban J connectivity index is 0.000000261. The van der Waals surface area contributed by atoms with Crippen LogP contribution < -0.4 is 52.2 Å². The van der Waals surface area contributed by atoms with Crippen molar-refractivity contribution in [2.24, 2.45) is 11.8 Å². The van der Waals surface area contributed by atoms with Crippen molar-refractivity contribution in [1.82, 2.24) is 61.8 Å². The normalized spacial score (nSPS) is 23.3. The lowest BCUT2D eigenvalue weighted by Gasteiger charge is -2.39. The average molecular weight is 1280 g/mol. The third-order valence-electron chi connectivity index (χ3n) is 18.6. The fraction of sp³-hybridized carbons (Fsp3) is 0.618. The summed E-state index contributed by atoms with van der Waals surface area (Å²) in [5, 5.41) is 25.1. The first-order valence-corrected chi connectivity index (χ1v) is 33.6. The van der Waals surface area contributed by atoms with Crippen molar-refractivity contribution in [3.8, 4) is 0 Å².